The monoisotopic (exact) mass is 732 g/mol. The molecule has 0 aliphatic heterocycles. The van der Waals surface area contributed by atoms with E-state index in [9.17, 15) is 19.0 Å². The molecule has 0 saturated carbocycles. The summed E-state index contributed by atoms with van der Waals surface area (Å²) in [4.78, 5) is 34.4. The predicted molar refractivity (Wildman–Crippen MR) is 208 cm³/mol. The molecule has 50 heavy (non-hydrogen) atoms. The maximum atomic E-state index is 12.5. The van der Waals surface area contributed by atoms with Gasteiger partial charge in [0.2, 0.25) is 0 Å². The molecular weight excluding hydrogens is 653 g/mol. The molecular formula is C40H78NO8P. The molecule has 0 aromatic rings. The van der Waals surface area contributed by atoms with E-state index in [1.54, 1.807) is 0 Å². The number of ether oxygens (including phenoxy) is 2. The molecule has 0 aromatic carbocycles. The molecule has 0 saturated heterocycles. The van der Waals surface area contributed by atoms with Crippen molar-refractivity contribution in [3.05, 3.63) is 24.3 Å². The van der Waals surface area contributed by atoms with Crippen LogP contribution in [0.1, 0.15) is 194 Å². The third kappa shape index (κ3) is 37.7. The highest BCUT2D eigenvalue weighted by Gasteiger charge is 2.24. The van der Waals surface area contributed by atoms with Crippen molar-refractivity contribution >= 4 is 19.8 Å². The van der Waals surface area contributed by atoms with E-state index < -0.39 is 26.5 Å². The van der Waals surface area contributed by atoms with Crippen LogP contribution in [0.25, 0.3) is 0 Å². The molecule has 0 aromatic heterocycles. The maximum absolute atomic E-state index is 12.5. The summed E-state index contributed by atoms with van der Waals surface area (Å²) in [6, 6.07) is 0. The normalized spacial score (nSPS) is 13.4. The topological polar surface area (TPSA) is 143 Å². The van der Waals surface area contributed by atoms with Crippen molar-refractivity contribution in [3.8, 4) is 0 Å². The SMILES string of the molecule is CCCCCCCC/C=C\CCCCCCCC(=O)OC[C@H](COP(=O)(O)OC)OC(=O)CCCCCCC/C=C\CCCCCCCC.N. The van der Waals surface area contributed by atoms with Crippen molar-refractivity contribution < 1.29 is 37.6 Å². The molecule has 0 heterocycles. The number of phosphoric ester groups is 1. The molecule has 0 aliphatic rings. The fourth-order valence-corrected chi connectivity index (χ4v) is 5.99. The standard InChI is InChI=1S/C40H75O8P.H3N/c1-4-6-8-10-12-14-16-18-20-22-24-26-28-30-32-34-39(41)46-36-38(37-47-49(43,44)45-3)48-40(42)35-33-31-29-27-25-23-21-19-17-15-13-11-9-7-5-2;/h18-21,38H,4-17,22-37H2,1-3H3,(H,43,44);1H3/b20-18-,21-19-;/t38-;/m1./s1. The lowest BCUT2D eigenvalue weighted by molar-refractivity contribution is -0.161. The molecule has 296 valence electrons. The molecule has 0 bridgehead atoms. The molecule has 0 radical (unpaired) electrons. The van der Waals surface area contributed by atoms with Gasteiger partial charge >= 0.3 is 19.8 Å². The summed E-state index contributed by atoms with van der Waals surface area (Å²) in [6.45, 7) is 3.86. The fraction of sp³-hybridized carbons (Fsp3) is 0.850. The van der Waals surface area contributed by atoms with Crippen LogP contribution in [-0.2, 0) is 32.7 Å². The lowest BCUT2D eigenvalue weighted by Crippen LogP contribution is -2.29. The van der Waals surface area contributed by atoms with Crippen LogP contribution in [0.4, 0.5) is 0 Å². The number of allylic oxidation sites excluding steroid dienone is 4. The van der Waals surface area contributed by atoms with E-state index in [2.05, 4.69) is 42.7 Å². The molecule has 0 spiro atoms. The maximum Gasteiger partial charge on any atom is 0.472 e. The predicted octanol–water partition coefficient (Wildman–Crippen LogP) is 12.4. The number of hydrogen-bond acceptors (Lipinski definition) is 8. The van der Waals surface area contributed by atoms with Crippen LogP contribution >= 0.6 is 7.82 Å². The first-order valence-electron chi connectivity index (χ1n) is 20.0. The van der Waals surface area contributed by atoms with Crippen LogP contribution in [0, 0.1) is 0 Å². The summed E-state index contributed by atoms with van der Waals surface area (Å²) in [7, 11) is -3.20. The number of hydrogen-bond donors (Lipinski definition) is 2. The molecule has 2 atom stereocenters. The van der Waals surface area contributed by atoms with Gasteiger partial charge < -0.3 is 20.5 Å². The van der Waals surface area contributed by atoms with Gasteiger partial charge in [0.15, 0.2) is 6.10 Å². The van der Waals surface area contributed by atoms with E-state index in [0.717, 1.165) is 77.7 Å². The summed E-state index contributed by atoms with van der Waals surface area (Å²) in [6.07, 6.45) is 39.4. The van der Waals surface area contributed by atoms with Gasteiger partial charge in [-0.05, 0) is 64.2 Å². The molecule has 0 aliphatic carbocycles. The van der Waals surface area contributed by atoms with Crippen molar-refractivity contribution in [2.24, 2.45) is 0 Å². The Hall–Kier alpha value is -1.51. The van der Waals surface area contributed by atoms with Crippen LogP contribution in [0.2, 0.25) is 0 Å². The molecule has 10 heteroatoms. The summed E-state index contributed by atoms with van der Waals surface area (Å²) in [5, 5.41) is 0. The Morgan fingerprint density at radius 2 is 0.920 bits per heavy atom. The van der Waals surface area contributed by atoms with Crippen LogP contribution in [0.15, 0.2) is 24.3 Å². The molecule has 0 rings (SSSR count). The number of phosphoric acid groups is 1. The van der Waals surface area contributed by atoms with Crippen LogP contribution in [-0.4, -0.2) is 43.3 Å². The zero-order valence-electron chi connectivity index (χ0n) is 32.6. The third-order valence-electron chi connectivity index (χ3n) is 8.67. The summed E-state index contributed by atoms with van der Waals surface area (Å²) < 4.78 is 31.9. The zero-order chi connectivity index (χ0) is 36.1. The van der Waals surface area contributed by atoms with Gasteiger partial charge in [-0.2, -0.15) is 0 Å². The summed E-state index contributed by atoms with van der Waals surface area (Å²) in [5.41, 5.74) is 0. The Bertz CT molecular complexity index is 866. The largest absolute Gasteiger partial charge is 0.472 e. The van der Waals surface area contributed by atoms with Gasteiger partial charge in [-0.15, -0.1) is 0 Å². The van der Waals surface area contributed by atoms with Crippen molar-refractivity contribution in [1.82, 2.24) is 6.15 Å². The van der Waals surface area contributed by atoms with Crippen molar-refractivity contribution in [2.75, 3.05) is 20.3 Å². The summed E-state index contributed by atoms with van der Waals surface area (Å²) in [5.74, 6) is -0.820. The average molecular weight is 732 g/mol. The van der Waals surface area contributed by atoms with Gasteiger partial charge in [0.05, 0.1) is 6.61 Å². The quantitative estimate of drug-likeness (QED) is 0.0276. The molecule has 4 N–H and O–H groups in total. The van der Waals surface area contributed by atoms with E-state index in [1.807, 2.05) is 0 Å². The van der Waals surface area contributed by atoms with Crippen LogP contribution < -0.4 is 6.15 Å². The van der Waals surface area contributed by atoms with Gasteiger partial charge in [-0.3, -0.25) is 18.6 Å². The second-order valence-electron chi connectivity index (χ2n) is 13.4. The molecule has 1 unspecified atom stereocenters. The Kier molecular flexibility index (Phi) is 39.2. The number of unbranched alkanes of at least 4 members (excludes halogenated alkanes) is 22. The van der Waals surface area contributed by atoms with E-state index in [4.69, 9.17) is 14.0 Å². The van der Waals surface area contributed by atoms with Crippen molar-refractivity contribution in [1.29, 1.82) is 0 Å². The minimum absolute atomic E-state index is 0. The van der Waals surface area contributed by atoms with Gasteiger partial charge in [0.1, 0.15) is 6.61 Å². The highest BCUT2D eigenvalue weighted by Crippen LogP contribution is 2.42. The van der Waals surface area contributed by atoms with Crippen molar-refractivity contribution in [2.45, 2.75) is 200 Å². The average Bonchev–Trinajstić information content (AvgIpc) is 3.09. The Balaban J connectivity index is 0. The van der Waals surface area contributed by atoms with E-state index >= 15 is 0 Å². The third-order valence-corrected chi connectivity index (χ3v) is 9.60. The number of carbonyl (C=O) groups is 2. The second-order valence-corrected chi connectivity index (χ2v) is 15.0. The summed E-state index contributed by atoms with van der Waals surface area (Å²) >= 11 is 0. The smallest absolute Gasteiger partial charge is 0.462 e. The van der Waals surface area contributed by atoms with Gasteiger partial charge in [0.25, 0.3) is 0 Å². The van der Waals surface area contributed by atoms with E-state index in [1.165, 1.54) is 89.9 Å². The van der Waals surface area contributed by atoms with Gasteiger partial charge in [-0.25, -0.2) is 4.57 Å². The number of rotatable bonds is 37. The number of esters is 2. The highest BCUT2D eigenvalue weighted by atomic mass is 31.2. The zero-order valence-corrected chi connectivity index (χ0v) is 33.5. The minimum atomic E-state index is -4.26. The van der Waals surface area contributed by atoms with E-state index in [-0.39, 0.29) is 31.6 Å². The first kappa shape index (κ1) is 50.6. The molecule has 0 amide bonds. The second kappa shape index (κ2) is 38.7. The highest BCUT2D eigenvalue weighted by molar-refractivity contribution is 7.47. The van der Waals surface area contributed by atoms with Crippen LogP contribution in [0.5, 0.6) is 0 Å². The Morgan fingerprint density at radius 1 is 0.560 bits per heavy atom. The first-order chi connectivity index (χ1) is 23.8. The Labute approximate surface area is 307 Å². The van der Waals surface area contributed by atoms with Gasteiger partial charge in [0, 0.05) is 20.0 Å². The van der Waals surface area contributed by atoms with Gasteiger partial charge in [-0.1, -0.05) is 141 Å². The van der Waals surface area contributed by atoms with Crippen molar-refractivity contribution in [3.63, 3.8) is 0 Å². The van der Waals surface area contributed by atoms with E-state index in [0.29, 0.717) is 6.42 Å². The number of carbonyl (C=O) groups excluding carboxylic acids is 2. The minimum Gasteiger partial charge on any atom is -0.462 e. The molecule has 9 nitrogen and oxygen atoms in total. The lowest BCUT2D eigenvalue weighted by atomic mass is 10.1. The lowest BCUT2D eigenvalue weighted by Gasteiger charge is -2.19. The Morgan fingerprint density at radius 3 is 1.32 bits per heavy atom. The van der Waals surface area contributed by atoms with Crippen LogP contribution in [0.3, 0.4) is 0 Å². The fourth-order valence-electron chi connectivity index (χ4n) is 5.53. The first-order valence-corrected chi connectivity index (χ1v) is 21.5. The molecule has 0 fully saturated rings.